The van der Waals surface area contributed by atoms with Gasteiger partial charge in [0.1, 0.15) is 11.5 Å². The van der Waals surface area contributed by atoms with Crippen molar-refractivity contribution in [1.29, 1.82) is 0 Å². The summed E-state index contributed by atoms with van der Waals surface area (Å²) in [5, 5.41) is 4.23. The van der Waals surface area contributed by atoms with Crippen LogP contribution in [0.15, 0.2) is 36.4 Å². The molecule has 0 bridgehead atoms. The molecular weight excluding hydrogens is 274 g/mol. The Morgan fingerprint density at radius 2 is 1.95 bits per heavy atom. The maximum Gasteiger partial charge on any atom is 0.124 e. The number of rotatable bonds is 3. The van der Waals surface area contributed by atoms with Crippen LogP contribution in [0.2, 0.25) is 5.02 Å². The monoisotopic (exact) mass is 289 g/mol. The lowest BCUT2D eigenvalue weighted by Gasteiger charge is -2.16. The number of benzene rings is 2. The zero-order valence-electron chi connectivity index (χ0n) is 11.4. The molecule has 0 aliphatic carbocycles. The second-order valence-electron chi connectivity index (χ2n) is 4.81. The standard InChI is InChI=1S/C16H16ClNO2/c1-19-12-4-5-14-10(7-12)8-15(18-14)13-9-11(17)3-6-16(13)20-2/h3-7,9,15,18H,8H2,1-2H3. The second kappa shape index (κ2) is 5.25. The summed E-state index contributed by atoms with van der Waals surface area (Å²) in [5.74, 6) is 1.73. The fourth-order valence-corrected chi connectivity index (χ4v) is 2.81. The number of ether oxygens (including phenoxy) is 2. The fraction of sp³-hybridized carbons (Fsp3) is 0.250. The van der Waals surface area contributed by atoms with E-state index in [0.29, 0.717) is 0 Å². The largest absolute Gasteiger partial charge is 0.497 e. The number of hydrogen-bond donors (Lipinski definition) is 1. The maximum atomic E-state index is 6.11. The van der Waals surface area contributed by atoms with Gasteiger partial charge in [0, 0.05) is 16.3 Å². The Hall–Kier alpha value is -1.87. The highest BCUT2D eigenvalue weighted by Crippen LogP contribution is 2.39. The number of fused-ring (bicyclic) bond motifs is 1. The number of nitrogens with one attached hydrogen (secondary N) is 1. The molecule has 0 saturated heterocycles. The van der Waals surface area contributed by atoms with E-state index in [1.165, 1.54) is 5.56 Å². The van der Waals surface area contributed by atoms with Crippen molar-refractivity contribution in [2.24, 2.45) is 0 Å². The minimum absolute atomic E-state index is 0.172. The molecule has 0 amide bonds. The van der Waals surface area contributed by atoms with E-state index in [-0.39, 0.29) is 6.04 Å². The van der Waals surface area contributed by atoms with E-state index in [1.807, 2.05) is 30.3 Å². The highest BCUT2D eigenvalue weighted by atomic mass is 35.5. The maximum absolute atomic E-state index is 6.11. The summed E-state index contributed by atoms with van der Waals surface area (Å²) in [4.78, 5) is 0. The number of hydrogen-bond acceptors (Lipinski definition) is 3. The Morgan fingerprint density at radius 3 is 2.70 bits per heavy atom. The zero-order chi connectivity index (χ0) is 14.1. The molecule has 20 heavy (non-hydrogen) atoms. The average Bonchev–Trinajstić information content (AvgIpc) is 2.89. The Morgan fingerprint density at radius 1 is 1.10 bits per heavy atom. The number of methoxy groups -OCH3 is 2. The van der Waals surface area contributed by atoms with E-state index < -0.39 is 0 Å². The van der Waals surface area contributed by atoms with Gasteiger partial charge in [-0.05, 0) is 48.4 Å². The molecule has 4 heteroatoms. The van der Waals surface area contributed by atoms with E-state index in [0.717, 1.165) is 34.2 Å². The van der Waals surface area contributed by atoms with Gasteiger partial charge in [-0.2, -0.15) is 0 Å². The first-order valence-corrected chi connectivity index (χ1v) is 6.86. The van der Waals surface area contributed by atoms with Crippen LogP contribution in [-0.4, -0.2) is 14.2 Å². The normalized spacial score (nSPS) is 16.4. The first-order chi connectivity index (χ1) is 9.71. The minimum Gasteiger partial charge on any atom is -0.497 e. The summed E-state index contributed by atoms with van der Waals surface area (Å²) in [5.41, 5.74) is 3.46. The summed E-state index contributed by atoms with van der Waals surface area (Å²) >= 11 is 6.11. The van der Waals surface area contributed by atoms with Crippen molar-refractivity contribution in [1.82, 2.24) is 0 Å². The van der Waals surface area contributed by atoms with Crippen LogP contribution in [0.25, 0.3) is 0 Å². The Labute approximate surface area is 123 Å². The first kappa shape index (κ1) is 13.1. The van der Waals surface area contributed by atoms with Crippen molar-refractivity contribution in [3.8, 4) is 11.5 Å². The molecular formula is C16H16ClNO2. The second-order valence-corrected chi connectivity index (χ2v) is 5.25. The van der Waals surface area contributed by atoms with Crippen LogP contribution in [0.5, 0.6) is 11.5 Å². The summed E-state index contributed by atoms with van der Waals surface area (Å²) in [6, 6.07) is 12.0. The molecule has 0 aromatic heterocycles. The van der Waals surface area contributed by atoms with Crippen LogP contribution in [0.4, 0.5) is 5.69 Å². The third-order valence-corrected chi connectivity index (χ3v) is 3.87. The zero-order valence-corrected chi connectivity index (χ0v) is 12.2. The highest BCUT2D eigenvalue weighted by Gasteiger charge is 2.25. The molecule has 1 atom stereocenters. The summed E-state index contributed by atoms with van der Waals surface area (Å²) in [6.45, 7) is 0. The van der Waals surface area contributed by atoms with Crippen LogP contribution in [-0.2, 0) is 6.42 Å². The van der Waals surface area contributed by atoms with Gasteiger partial charge < -0.3 is 14.8 Å². The molecule has 0 spiro atoms. The predicted molar refractivity (Wildman–Crippen MR) is 81.1 cm³/mol. The van der Waals surface area contributed by atoms with Crippen molar-refractivity contribution in [2.45, 2.75) is 12.5 Å². The third-order valence-electron chi connectivity index (χ3n) is 3.63. The first-order valence-electron chi connectivity index (χ1n) is 6.48. The van der Waals surface area contributed by atoms with E-state index >= 15 is 0 Å². The molecule has 2 aromatic rings. The highest BCUT2D eigenvalue weighted by molar-refractivity contribution is 6.30. The van der Waals surface area contributed by atoms with Gasteiger partial charge in [-0.3, -0.25) is 0 Å². The van der Waals surface area contributed by atoms with Crippen molar-refractivity contribution >= 4 is 17.3 Å². The molecule has 104 valence electrons. The quantitative estimate of drug-likeness (QED) is 0.924. The molecule has 1 heterocycles. The van der Waals surface area contributed by atoms with Gasteiger partial charge in [-0.15, -0.1) is 0 Å². The number of halogens is 1. The van der Waals surface area contributed by atoms with Crippen LogP contribution in [0, 0.1) is 0 Å². The van der Waals surface area contributed by atoms with Crippen molar-refractivity contribution in [3.63, 3.8) is 0 Å². The molecule has 1 unspecified atom stereocenters. The van der Waals surface area contributed by atoms with Gasteiger partial charge in [-0.1, -0.05) is 11.6 Å². The van der Waals surface area contributed by atoms with E-state index in [1.54, 1.807) is 14.2 Å². The lowest BCUT2D eigenvalue weighted by Crippen LogP contribution is -2.07. The van der Waals surface area contributed by atoms with E-state index in [4.69, 9.17) is 21.1 Å². The topological polar surface area (TPSA) is 30.5 Å². The molecule has 0 fully saturated rings. The van der Waals surface area contributed by atoms with Gasteiger partial charge in [0.2, 0.25) is 0 Å². The van der Waals surface area contributed by atoms with Crippen LogP contribution >= 0.6 is 11.6 Å². The summed E-state index contributed by atoms with van der Waals surface area (Å²) in [6.07, 6.45) is 0.892. The van der Waals surface area contributed by atoms with Gasteiger partial charge in [0.05, 0.1) is 20.3 Å². The molecule has 3 rings (SSSR count). The number of anilines is 1. The smallest absolute Gasteiger partial charge is 0.124 e. The van der Waals surface area contributed by atoms with E-state index in [2.05, 4.69) is 11.4 Å². The Balaban J connectivity index is 1.93. The molecule has 1 aliphatic rings. The third kappa shape index (κ3) is 2.29. The van der Waals surface area contributed by atoms with Crippen molar-refractivity contribution in [3.05, 3.63) is 52.5 Å². The average molecular weight is 290 g/mol. The lowest BCUT2D eigenvalue weighted by molar-refractivity contribution is 0.407. The molecule has 0 radical (unpaired) electrons. The lowest BCUT2D eigenvalue weighted by atomic mass is 10.0. The molecule has 3 nitrogen and oxygen atoms in total. The minimum atomic E-state index is 0.172. The predicted octanol–water partition coefficient (Wildman–Crippen LogP) is 4.07. The van der Waals surface area contributed by atoms with Crippen molar-refractivity contribution < 1.29 is 9.47 Å². The van der Waals surface area contributed by atoms with Gasteiger partial charge in [-0.25, -0.2) is 0 Å². The Kier molecular flexibility index (Phi) is 3.45. The summed E-state index contributed by atoms with van der Waals surface area (Å²) in [7, 11) is 3.36. The molecule has 2 aromatic carbocycles. The SMILES string of the molecule is COc1ccc2c(c1)CC(c1cc(Cl)ccc1OC)N2. The van der Waals surface area contributed by atoms with Gasteiger partial charge in [0.15, 0.2) is 0 Å². The fourth-order valence-electron chi connectivity index (χ4n) is 2.63. The van der Waals surface area contributed by atoms with Crippen molar-refractivity contribution in [2.75, 3.05) is 19.5 Å². The van der Waals surface area contributed by atoms with Crippen LogP contribution in [0.3, 0.4) is 0 Å². The molecule has 1 N–H and O–H groups in total. The van der Waals surface area contributed by atoms with Gasteiger partial charge in [0.25, 0.3) is 0 Å². The molecule has 1 aliphatic heterocycles. The van der Waals surface area contributed by atoms with Crippen LogP contribution < -0.4 is 14.8 Å². The van der Waals surface area contributed by atoms with Gasteiger partial charge >= 0.3 is 0 Å². The Bertz CT molecular complexity index is 642. The summed E-state index contributed by atoms with van der Waals surface area (Å²) < 4.78 is 10.7. The van der Waals surface area contributed by atoms with E-state index in [9.17, 15) is 0 Å². The van der Waals surface area contributed by atoms with Crippen LogP contribution in [0.1, 0.15) is 17.2 Å². The molecule has 0 saturated carbocycles.